The number of likely N-dealkylation sites (tertiary alicyclic amines) is 1. The van der Waals surface area contributed by atoms with E-state index < -0.39 is 0 Å². The Labute approximate surface area is 113 Å². The number of hydrogen-bond donors (Lipinski definition) is 1. The van der Waals surface area contributed by atoms with Crippen LogP contribution in [0.25, 0.3) is 0 Å². The van der Waals surface area contributed by atoms with Crippen molar-refractivity contribution in [3.63, 3.8) is 0 Å². The van der Waals surface area contributed by atoms with Gasteiger partial charge in [-0.05, 0) is 37.1 Å². The number of rotatable bonds is 3. The Balaban J connectivity index is 1.93. The summed E-state index contributed by atoms with van der Waals surface area (Å²) < 4.78 is 0. The number of nitrogens with zero attached hydrogens (tertiary/aromatic N) is 1. The van der Waals surface area contributed by atoms with Gasteiger partial charge in [0.05, 0.1) is 5.92 Å². The second-order valence-corrected chi connectivity index (χ2v) is 5.25. The van der Waals surface area contributed by atoms with Crippen LogP contribution in [0.2, 0.25) is 5.02 Å². The van der Waals surface area contributed by atoms with Crippen LogP contribution >= 0.6 is 11.6 Å². The summed E-state index contributed by atoms with van der Waals surface area (Å²) in [6.45, 7) is 2.81. The molecular weight excluding hydrogens is 248 g/mol. The Hall–Kier alpha value is -1.06. The number of piperidine rings is 1. The molecule has 0 spiro atoms. The molecule has 4 heteroatoms. The molecule has 1 aromatic carbocycles. The molecule has 98 valence electrons. The fraction of sp³-hybridized carbons (Fsp3) is 0.500. The topological polar surface area (TPSA) is 32.3 Å². The maximum Gasteiger partial charge on any atom is 0.224 e. The fourth-order valence-corrected chi connectivity index (χ4v) is 2.59. The van der Waals surface area contributed by atoms with Gasteiger partial charge in [0.15, 0.2) is 0 Å². The summed E-state index contributed by atoms with van der Waals surface area (Å²) in [6, 6.07) is 7.92. The van der Waals surface area contributed by atoms with Gasteiger partial charge in [-0.1, -0.05) is 23.7 Å². The van der Waals surface area contributed by atoms with E-state index in [2.05, 4.69) is 10.2 Å². The first kappa shape index (κ1) is 13.4. The molecule has 18 heavy (non-hydrogen) atoms. The van der Waals surface area contributed by atoms with Crippen LogP contribution in [0.1, 0.15) is 18.4 Å². The quantitative estimate of drug-likeness (QED) is 0.911. The van der Waals surface area contributed by atoms with E-state index in [1.165, 1.54) is 5.56 Å². The highest BCUT2D eigenvalue weighted by atomic mass is 35.5. The molecule has 2 rings (SSSR count). The molecule has 1 N–H and O–H groups in total. The summed E-state index contributed by atoms with van der Waals surface area (Å²) in [7, 11) is 1.71. The zero-order valence-corrected chi connectivity index (χ0v) is 11.4. The molecule has 0 aromatic heterocycles. The number of amides is 1. The van der Waals surface area contributed by atoms with Crippen molar-refractivity contribution in [2.24, 2.45) is 5.92 Å². The number of carbonyl (C=O) groups excluding carboxylic acids is 1. The highest BCUT2D eigenvalue weighted by Gasteiger charge is 2.24. The molecule has 0 radical (unpaired) electrons. The summed E-state index contributed by atoms with van der Waals surface area (Å²) in [5, 5.41) is 3.51. The van der Waals surface area contributed by atoms with Gasteiger partial charge in [-0.2, -0.15) is 0 Å². The van der Waals surface area contributed by atoms with Gasteiger partial charge in [-0.15, -0.1) is 0 Å². The molecule has 0 aliphatic carbocycles. The second-order valence-electron chi connectivity index (χ2n) is 4.81. The molecule has 1 aliphatic heterocycles. The van der Waals surface area contributed by atoms with Gasteiger partial charge in [0.2, 0.25) is 5.91 Å². The number of carbonyl (C=O) groups is 1. The highest BCUT2D eigenvalue weighted by molar-refractivity contribution is 6.30. The number of nitrogens with one attached hydrogen (secondary N) is 1. The molecule has 1 unspecified atom stereocenters. The summed E-state index contributed by atoms with van der Waals surface area (Å²) in [6.07, 6.45) is 2.09. The van der Waals surface area contributed by atoms with Crippen molar-refractivity contribution in [1.82, 2.24) is 10.2 Å². The lowest BCUT2D eigenvalue weighted by molar-refractivity contribution is -0.126. The number of halogens is 1. The van der Waals surface area contributed by atoms with Crippen molar-refractivity contribution in [3.05, 3.63) is 34.9 Å². The van der Waals surface area contributed by atoms with Gasteiger partial charge in [0, 0.05) is 25.2 Å². The van der Waals surface area contributed by atoms with Gasteiger partial charge in [0.1, 0.15) is 0 Å². The van der Waals surface area contributed by atoms with E-state index in [9.17, 15) is 4.79 Å². The monoisotopic (exact) mass is 266 g/mol. The maximum atomic E-state index is 11.7. The molecule has 1 amide bonds. The third-order valence-corrected chi connectivity index (χ3v) is 3.69. The number of benzene rings is 1. The van der Waals surface area contributed by atoms with Crippen LogP contribution in [0.5, 0.6) is 0 Å². The van der Waals surface area contributed by atoms with E-state index in [0.29, 0.717) is 0 Å². The van der Waals surface area contributed by atoms with E-state index >= 15 is 0 Å². The largest absolute Gasteiger partial charge is 0.359 e. The SMILES string of the molecule is CNC(=O)C1CCCN(Cc2ccc(Cl)cc2)C1. The van der Waals surface area contributed by atoms with Crippen molar-refractivity contribution < 1.29 is 4.79 Å². The van der Waals surface area contributed by atoms with Crippen LogP contribution in [0.3, 0.4) is 0 Å². The summed E-state index contributed by atoms with van der Waals surface area (Å²) >= 11 is 5.87. The Bertz CT molecular complexity index is 405. The van der Waals surface area contributed by atoms with Gasteiger partial charge < -0.3 is 5.32 Å². The molecule has 1 saturated heterocycles. The standard InChI is InChI=1S/C14H19ClN2O/c1-16-14(18)12-3-2-8-17(10-12)9-11-4-6-13(15)7-5-11/h4-7,12H,2-3,8-10H2,1H3,(H,16,18). The van der Waals surface area contributed by atoms with Gasteiger partial charge in [-0.3, -0.25) is 9.69 Å². The van der Waals surface area contributed by atoms with Crippen LogP contribution in [0.15, 0.2) is 24.3 Å². The van der Waals surface area contributed by atoms with Gasteiger partial charge in [-0.25, -0.2) is 0 Å². The van der Waals surface area contributed by atoms with E-state index in [1.807, 2.05) is 24.3 Å². The first-order valence-corrected chi connectivity index (χ1v) is 6.75. The molecule has 1 aliphatic rings. The lowest BCUT2D eigenvalue weighted by Crippen LogP contribution is -2.41. The molecule has 1 fully saturated rings. The Morgan fingerprint density at radius 2 is 2.17 bits per heavy atom. The minimum absolute atomic E-state index is 0.135. The molecule has 1 heterocycles. The minimum Gasteiger partial charge on any atom is -0.359 e. The van der Waals surface area contributed by atoms with E-state index in [0.717, 1.165) is 37.5 Å². The van der Waals surface area contributed by atoms with Crippen molar-refractivity contribution in [1.29, 1.82) is 0 Å². The highest BCUT2D eigenvalue weighted by Crippen LogP contribution is 2.19. The average molecular weight is 267 g/mol. The molecular formula is C14H19ClN2O. The predicted octanol–water partition coefficient (Wildman–Crippen LogP) is 2.30. The van der Waals surface area contributed by atoms with Crippen molar-refractivity contribution in [2.45, 2.75) is 19.4 Å². The third kappa shape index (κ3) is 3.47. The first-order chi connectivity index (χ1) is 8.69. The smallest absolute Gasteiger partial charge is 0.224 e. The van der Waals surface area contributed by atoms with Crippen LogP contribution in [0.4, 0.5) is 0 Å². The minimum atomic E-state index is 0.135. The van der Waals surface area contributed by atoms with Crippen LogP contribution in [-0.2, 0) is 11.3 Å². The molecule has 1 aromatic rings. The molecule has 0 saturated carbocycles. The second kappa shape index (κ2) is 6.21. The fourth-order valence-electron chi connectivity index (χ4n) is 2.47. The summed E-state index contributed by atoms with van der Waals surface area (Å²) in [4.78, 5) is 14.0. The summed E-state index contributed by atoms with van der Waals surface area (Å²) in [5.41, 5.74) is 1.25. The van der Waals surface area contributed by atoms with Crippen molar-refractivity contribution in [2.75, 3.05) is 20.1 Å². The lowest BCUT2D eigenvalue weighted by atomic mass is 9.97. The first-order valence-electron chi connectivity index (χ1n) is 6.37. The van der Waals surface area contributed by atoms with Crippen molar-refractivity contribution >= 4 is 17.5 Å². The molecule has 3 nitrogen and oxygen atoms in total. The molecule has 1 atom stereocenters. The zero-order valence-electron chi connectivity index (χ0n) is 10.7. The predicted molar refractivity (Wildman–Crippen MR) is 73.5 cm³/mol. The van der Waals surface area contributed by atoms with E-state index in [1.54, 1.807) is 7.05 Å². The van der Waals surface area contributed by atoms with Crippen LogP contribution in [-0.4, -0.2) is 30.9 Å². The van der Waals surface area contributed by atoms with Crippen LogP contribution in [0, 0.1) is 5.92 Å². The average Bonchev–Trinajstić information content (AvgIpc) is 2.41. The van der Waals surface area contributed by atoms with Crippen LogP contribution < -0.4 is 5.32 Å². The Morgan fingerprint density at radius 1 is 1.44 bits per heavy atom. The van der Waals surface area contributed by atoms with E-state index in [4.69, 9.17) is 11.6 Å². The van der Waals surface area contributed by atoms with Gasteiger partial charge >= 0.3 is 0 Å². The van der Waals surface area contributed by atoms with E-state index in [-0.39, 0.29) is 11.8 Å². The number of hydrogen-bond acceptors (Lipinski definition) is 2. The van der Waals surface area contributed by atoms with Gasteiger partial charge in [0.25, 0.3) is 0 Å². The third-order valence-electron chi connectivity index (χ3n) is 3.44. The zero-order chi connectivity index (χ0) is 13.0. The lowest BCUT2D eigenvalue weighted by Gasteiger charge is -2.31. The Kier molecular flexibility index (Phi) is 4.61. The maximum absolute atomic E-state index is 11.7. The Morgan fingerprint density at radius 3 is 2.83 bits per heavy atom. The summed E-state index contributed by atoms with van der Waals surface area (Å²) in [5.74, 6) is 0.298. The molecule has 0 bridgehead atoms. The normalized spacial score (nSPS) is 20.7. The van der Waals surface area contributed by atoms with Crippen molar-refractivity contribution in [3.8, 4) is 0 Å².